The summed E-state index contributed by atoms with van der Waals surface area (Å²) in [6.07, 6.45) is 1.44. The lowest BCUT2D eigenvalue weighted by atomic mass is 10.1. The van der Waals surface area contributed by atoms with E-state index in [9.17, 15) is 9.90 Å². The largest absolute Gasteiger partial charge is 0.459 e. The van der Waals surface area contributed by atoms with E-state index in [1.807, 2.05) is 24.3 Å². The highest BCUT2D eigenvalue weighted by Crippen LogP contribution is 2.31. The maximum atomic E-state index is 11.9. The van der Waals surface area contributed by atoms with Gasteiger partial charge in [-0.1, -0.05) is 24.3 Å². The third kappa shape index (κ3) is 1.80. The van der Waals surface area contributed by atoms with E-state index in [2.05, 4.69) is 5.32 Å². The van der Waals surface area contributed by atoms with E-state index >= 15 is 0 Å². The normalized spacial score (nSPS) is 21.6. The van der Waals surface area contributed by atoms with Gasteiger partial charge in [0.1, 0.15) is 0 Å². The van der Waals surface area contributed by atoms with Crippen molar-refractivity contribution < 1.29 is 14.3 Å². The van der Waals surface area contributed by atoms with E-state index in [4.69, 9.17) is 4.42 Å². The number of carbonyl (C=O) groups is 1. The SMILES string of the molecule is O=C(N[C@H]1c2ccccc2C[C@H]1O)c1ccco1. The molecule has 0 radical (unpaired) electrons. The standard InChI is InChI=1S/C14H13NO3/c16-11-8-9-4-1-2-5-10(9)13(11)15-14(17)12-6-3-7-18-12/h1-7,11,13,16H,8H2,(H,15,17)/t11-,13+/m1/s1. The number of fused-ring (bicyclic) bond motifs is 1. The molecule has 0 fully saturated rings. The Labute approximate surface area is 104 Å². The summed E-state index contributed by atoms with van der Waals surface area (Å²) >= 11 is 0. The van der Waals surface area contributed by atoms with Gasteiger partial charge >= 0.3 is 0 Å². The highest BCUT2D eigenvalue weighted by Gasteiger charge is 2.32. The number of rotatable bonds is 2. The molecule has 0 aliphatic heterocycles. The third-order valence-corrected chi connectivity index (χ3v) is 3.24. The lowest BCUT2D eigenvalue weighted by Crippen LogP contribution is -2.33. The molecule has 2 N–H and O–H groups in total. The van der Waals surface area contributed by atoms with Crippen molar-refractivity contribution in [3.8, 4) is 0 Å². The molecule has 2 aromatic rings. The summed E-state index contributed by atoms with van der Waals surface area (Å²) in [5.74, 6) is -0.0488. The van der Waals surface area contributed by atoms with E-state index in [0.29, 0.717) is 6.42 Å². The molecule has 1 aromatic heterocycles. The summed E-state index contributed by atoms with van der Waals surface area (Å²) in [7, 11) is 0. The summed E-state index contributed by atoms with van der Waals surface area (Å²) < 4.78 is 5.04. The number of carbonyl (C=O) groups excluding carboxylic acids is 1. The van der Waals surface area contributed by atoms with Crippen LogP contribution in [0, 0.1) is 0 Å². The molecule has 1 aromatic carbocycles. The number of aliphatic hydroxyl groups is 1. The molecule has 0 unspecified atom stereocenters. The summed E-state index contributed by atoms with van der Waals surface area (Å²) in [5.41, 5.74) is 2.06. The van der Waals surface area contributed by atoms with Crippen molar-refractivity contribution in [1.29, 1.82) is 0 Å². The first-order valence-corrected chi connectivity index (χ1v) is 5.86. The van der Waals surface area contributed by atoms with Gasteiger partial charge in [-0.3, -0.25) is 4.79 Å². The predicted molar refractivity (Wildman–Crippen MR) is 65.1 cm³/mol. The molecule has 2 atom stereocenters. The Bertz CT molecular complexity index is 562. The van der Waals surface area contributed by atoms with Gasteiger partial charge in [-0.15, -0.1) is 0 Å². The van der Waals surface area contributed by atoms with Crippen LogP contribution in [-0.2, 0) is 6.42 Å². The van der Waals surface area contributed by atoms with Crippen molar-refractivity contribution in [3.05, 3.63) is 59.5 Å². The summed E-state index contributed by atoms with van der Waals surface area (Å²) in [6, 6.07) is 10.6. The first kappa shape index (κ1) is 11.0. The highest BCUT2D eigenvalue weighted by molar-refractivity contribution is 5.91. The van der Waals surface area contributed by atoms with Gasteiger partial charge in [0.25, 0.3) is 5.91 Å². The summed E-state index contributed by atoms with van der Waals surface area (Å²) in [4.78, 5) is 11.9. The molecular formula is C14H13NO3. The number of amides is 1. The molecule has 0 saturated carbocycles. The number of nitrogens with one attached hydrogen (secondary N) is 1. The highest BCUT2D eigenvalue weighted by atomic mass is 16.3. The van der Waals surface area contributed by atoms with Crippen LogP contribution in [0.4, 0.5) is 0 Å². The Balaban J connectivity index is 1.83. The van der Waals surface area contributed by atoms with E-state index in [1.54, 1.807) is 12.1 Å². The van der Waals surface area contributed by atoms with Gasteiger partial charge in [-0.25, -0.2) is 0 Å². The molecule has 0 bridgehead atoms. The Morgan fingerprint density at radius 3 is 2.89 bits per heavy atom. The minimum absolute atomic E-state index is 0.256. The molecular weight excluding hydrogens is 230 g/mol. The van der Waals surface area contributed by atoms with Crippen molar-refractivity contribution in [1.82, 2.24) is 5.32 Å². The van der Waals surface area contributed by atoms with E-state index in [0.717, 1.165) is 11.1 Å². The third-order valence-electron chi connectivity index (χ3n) is 3.24. The van der Waals surface area contributed by atoms with Gasteiger partial charge in [0, 0.05) is 6.42 Å². The van der Waals surface area contributed by atoms with Crippen LogP contribution < -0.4 is 5.32 Å². The second kappa shape index (κ2) is 4.31. The Morgan fingerprint density at radius 1 is 1.28 bits per heavy atom. The fraction of sp³-hybridized carbons (Fsp3) is 0.214. The zero-order valence-corrected chi connectivity index (χ0v) is 9.67. The van der Waals surface area contributed by atoms with Gasteiger partial charge in [0.2, 0.25) is 0 Å². The Hall–Kier alpha value is -2.07. The number of hydrogen-bond acceptors (Lipinski definition) is 3. The zero-order chi connectivity index (χ0) is 12.5. The van der Waals surface area contributed by atoms with Gasteiger partial charge in [0.15, 0.2) is 5.76 Å². The molecule has 1 amide bonds. The van der Waals surface area contributed by atoms with Gasteiger partial charge in [0.05, 0.1) is 18.4 Å². The Kier molecular flexibility index (Phi) is 2.64. The van der Waals surface area contributed by atoms with Crippen LogP contribution in [0.1, 0.15) is 27.7 Å². The quantitative estimate of drug-likeness (QED) is 0.843. The second-order valence-electron chi connectivity index (χ2n) is 4.40. The number of hydrogen-bond donors (Lipinski definition) is 2. The van der Waals surface area contributed by atoms with Crippen molar-refractivity contribution in [3.63, 3.8) is 0 Å². The van der Waals surface area contributed by atoms with Crippen LogP contribution in [0.15, 0.2) is 47.1 Å². The van der Waals surface area contributed by atoms with Crippen molar-refractivity contribution >= 4 is 5.91 Å². The molecule has 1 heterocycles. The predicted octanol–water partition coefficient (Wildman–Crippen LogP) is 1.67. The number of aliphatic hydroxyl groups excluding tert-OH is 1. The van der Waals surface area contributed by atoms with Crippen LogP contribution in [-0.4, -0.2) is 17.1 Å². The van der Waals surface area contributed by atoms with Gasteiger partial charge in [-0.2, -0.15) is 0 Å². The van der Waals surface area contributed by atoms with Crippen molar-refractivity contribution in [2.75, 3.05) is 0 Å². The van der Waals surface area contributed by atoms with Gasteiger partial charge < -0.3 is 14.8 Å². The molecule has 1 aliphatic carbocycles. The maximum Gasteiger partial charge on any atom is 0.287 e. The topological polar surface area (TPSA) is 62.5 Å². The summed E-state index contributed by atoms with van der Waals surface area (Å²) in [6.45, 7) is 0. The molecule has 4 heteroatoms. The van der Waals surface area contributed by atoms with Crippen LogP contribution in [0.3, 0.4) is 0 Å². The van der Waals surface area contributed by atoms with Gasteiger partial charge in [-0.05, 0) is 23.3 Å². The molecule has 4 nitrogen and oxygen atoms in total. The molecule has 92 valence electrons. The fourth-order valence-electron chi connectivity index (χ4n) is 2.37. The minimum Gasteiger partial charge on any atom is -0.459 e. The average Bonchev–Trinajstić information content (AvgIpc) is 2.98. The first-order chi connectivity index (χ1) is 8.75. The lowest BCUT2D eigenvalue weighted by Gasteiger charge is -2.17. The monoisotopic (exact) mass is 243 g/mol. The zero-order valence-electron chi connectivity index (χ0n) is 9.67. The summed E-state index contributed by atoms with van der Waals surface area (Å²) in [5, 5.41) is 12.8. The molecule has 0 saturated heterocycles. The van der Waals surface area contributed by atoms with Crippen LogP contribution in [0.5, 0.6) is 0 Å². The van der Waals surface area contributed by atoms with E-state index in [-0.39, 0.29) is 17.7 Å². The fourth-order valence-corrected chi connectivity index (χ4v) is 2.37. The maximum absolute atomic E-state index is 11.9. The van der Waals surface area contributed by atoms with Crippen LogP contribution >= 0.6 is 0 Å². The van der Waals surface area contributed by atoms with Crippen molar-refractivity contribution in [2.24, 2.45) is 0 Å². The van der Waals surface area contributed by atoms with Crippen LogP contribution in [0.25, 0.3) is 0 Å². The molecule has 0 spiro atoms. The number of furan rings is 1. The average molecular weight is 243 g/mol. The number of benzene rings is 1. The lowest BCUT2D eigenvalue weighted by molar-refractivity contribution is 0.0832. The molecule has 18 heavy (non-hydrogen) atoms. The second-order valence-corrected chi connectivity index (χ2v) is 4.40. The Morgan fingerprint density at radius 2 is 2.11 bits per heavy atom. The molecule has 1 aliphatic rings. The minimum atomic E-state index is -0.582. The van der Waals surface area contributed by atoms with E-state index < -0.39 is 6.10 Å². The first-order valence-electron chi connectivity index (χ1n) is 5.86. The smallest absolute Gasteiger partial charge is 0.287 e. The van der Waals surface area contributed by atoms with Crippen LogP contribution in [0.2, 0.25) is 0 Å². The molecule has 3 rings (SSSR count). The van der Waals surface area contributed by atoms with Crippen molar-refractivity contribution in [2.45, 2.75) is 18.6 Å². The van der Waals surface area contributed by atoms with E-state index in [1.165, 1.54) is 6.26 Å².